The number of ether oxygens (including phenoxy) is 1. The molecule has 0 radical (unpaired) electrons. The summed E-state index contributed by atoms with van der Waals surface area (Å²) in [5.41, 5.74) is 2.03. The van der Waals surface area contributed by atoms with Crippen LogP contribution in [0, 0.1) is 0 Å². The molecule has 27 heavy (non-hydrogen) atoms. The topological polar surface area (TPSA) is 62.9 Å². The van der Waals surface area contributed by atoms with Gasteiger partial charge in [0.1, 0.15) is 17.1 Å². The lowest BCUT2D eigenvalue weighted by Gasteiger charge is -2.26. The van der Waals surface area contributed by atoms with Gasteiger partial charge >= 0.3 is 5.63 Å². The second kappa shape index (κ2) is 7.45. The normalized spacial score (nSPS) is 15.1. The fourth-order valence-electron chi connectivity index (χ4n) is 3.70. The molecule has 2 heterocycles. The van der Waals surface area contributed by atoms with E-state index < -0.39 is 5.63 Å². The molecule has 5 nitrogen and oxygen atoms in total. The standard InChI is InChI=1S/C22H23NO4/c1-26-17-8-5-15(6-9-17)18-13-16-7-10-20(24)19(21(16)27-22(18)25)14-23-11-3-2-4-12-23/h5-10,13,24H,2-4,11-12,14H2,1H3. The SMILES string of the molecule is COc1ccc(-c2cc3ccc(O)c(CN4CCCCC4)c3oc2=O)cc1. The fraction of sp³-hybridized carbons (Fsp3) is 0.318. The van der Waals surface area contributed by atoms with Crippen molar-refractivity contribution >= 4 is 11.0 Å². The molecule has 0 amide bonds. The number of benzene rings is 2. The van der Waals surface area contributed by atoms with Crippen molar-refractivity contribution in [3.63, 3.8) is 0 Å². The highest BCUT2D eigenvalue weighted by molar-refractivity contribution is 5.85. The van der Waals surface area contributed by atoms with Gasteiger partial charge in [-0.25, -0.2) is 4.79 Å². The second-order valence-electron chi connectivity index (χ2n) is 6.99. The number of hydrogen-bond donors (Lipinski definition) is 1. The average Bonchev–Trinajstić information content (AvgIpc) is 2.71. The lowest BCUT2D eigenvalue weighted by molar-refractivity contribution is 0.218. The molecule has 1 aliphatic rings. The number of methoxy groups -OCH3 is 1. The fourth-order valence-corrected chi connectivity index (χ4v) is 3.70. The van der Waals surface area contributed by atoms with E-state index in [2.05, 4.69) is 4.90 Å². The van der Waals surface area contributed by atoms with Crippen molar-refractivity contribution in [3.8, 4) is 22.6 Å². The lowest BCUT2D eigenvalue weighted by Crippen LogP contribution is -2.29. The minimum absolute atomic E-state index is 0.174. The molecule has 2 aromatic carbocycles. The first-order valence-corrected chi connectivity index (χ1v) is 9.31. The van der Waals surface area contributed by atoms with Gasteiger partial charge in [0.2, 0.25) is 0 Å². The molecular formula is C22H23NO4. The first kappa shape index (κ1) is 17.6. The van der Waals surface area contributed by atoms with Crippen LogP contribution in [-0.4, -0.2) is 30.2 Å². The third-order valence-electron chi connectivity index (χ3n) is 5.21. The summed E-state index contributed by atoms with van der Waals surface area (Å²) < 4.78 is 10.9. The molecule has 0 unspecified atom stereocenters. The summed E-state index contributed by atoms with van der Waals surface area (Å²) in [5.74, 6) is 0.908. The van der Waals surface area contributed by atoms with Crippen LogP contribution in [0.5, 0.6) is 11.5 Å². The number of piperidine rings is 1. The molecule has 1 fully saturated rings. The number of hydrogen-bond acceptors (Lipinski definition) is 5. The van der Waals surface area contributed by atoms with E-state index in [4.69, 9.17) is 9.15 Å². The molecule has 1 N–H and O–H groups in total. The molecule has 0 saturated carbocycles. The molecule has 1 saturated heterocycles. The Kier molecular flexibility index (Phi) is 4.86. The van der Waals surface area contributed by atoms with Crippen LogP contribution in [0.3, 0.4) is 0 Å². The number of aromatic hydroxyl groups is 1. The predicted octanol–water partition coefficient (Wildman–Crippen LogP) is 4.16. The van der Waals surface area contributed by atoms with Gasteiger partial charge in [0, 0.05) is 11.9 Å². The summed E-state index contributed by atoms with van der Waals surface area (Å²) in [4.78, 5) is 15.0. The van der Waals surface area contributed by atoms with Crippen molar-refractivity contribution in [1.29, 1.82) is 0 Å². The number of rotatable bonds is 4. The summed E-state index contributed by atoms with van der Waals surface area (Å²) in [7, 11) is 1.61. The zero-order chi connectivity index (χ0) is 18.8. The zero-order valence-electron chi connectivity index (χ0n) is 15.4. The van der Waals surface area contributed by atoms with Gasteiger partial charge < -0.3 is 14.3 Å². The number of fused-ring (bicyclic) bond motifs is 1. The Hall–Kier alpha value is -2.79. The minimum atomic E-state index is -0.404. The largest absolute Gasteiger partial charge is 0.507 e. The van der Waals surface area contributed by atoms with Crippen molar-refractivity contribution in [2.45, 2.75) is 25.8 Å². The Morgan fingerprint density at radius 1 is 1.07 bits per heavy atom. The molecule has 0 spiro atoms. The zero-order valence-corrected chi connectivity index (χ0v) is 15.4. The van der Waals surface area contributed by atoms with Crippen LogP contribution in [0.4, 0.5) is 0 Å². The molecule has 4 rings (SSSR count). The quantitative estimate of drug-likeness (QED) is 0.704. The van der Waals surface area contributed by atoms with Crippen LogP contribution in [0.25, 0.3) is 22.1 Å². The highest BCUT2D eigenvalue weighted by atomic mass is 16.5. The predicted molar refractivity (Wildman–Crippen MR) is 105 cm³/mol. The summed E-state index contributed by atoms with van der Waals surface area (Å²) in [6, 6.07) is 12.6. The van der Waals surface area contributed by atoms with Crippen LogP contribution < -0.4 is 10.4 Å². The molecule has 0 bridgehead atoms. The van der Waals surface area contributed by atoms with Gasteiger partial charge in [0.05, 0.1) is 18.2 Å². The van der Waals surface area contributed by atoms with E-state index in [0.717, 1.165) is 42.6 Å². The Morgan fingerprint density at radius 2 is 1.81 bits per heavy atom. The van der Waals surface area contributed by atoms with Crippen LogP contribution in [0.2, 0.25) is 0 Å². The smallest absolute Gasteiger partial charge is 0.344 e. The molecular weight excluding hydrogens is 342 g/mol. The van der Waals surface area contributed by atoms with Gasteiger partial charge in [-0.1, -0.05) is 18.6 Å². The lowest BCUT2D eigenvalue weighted by atomic mass is 10.0. The highest BCUT2D eigenvalue weighted by Gasteiger charge is 2.18. The summed E-state index contributed by atoms with van der Waals surface area (Å²) in [6.07, 6.45) is 3.58. The Labute approximate surface area is 157 Å². The minimum Gasteiger partial charge on any atom is -0.507 e. The van der Waals surface area contributed by atoms with Gasteiger partial charge in [-0.15, -0.1) is 0 Å². The van der Waals surface area contributed by atoms with Crippen molar-refractivity contribution in [1.82, 2.24) is 4.90 Å². The Morgan fingerprint density at radius 3 is 2.52 bits per heavy atom. The molecule has 1 aromatic heterocycles. The van der Waals surface area contributed by atoms with E-state index in [1.54, 1.807) is 19.2 Å². The van der Waals surface area contributed by atoms with Gasteiger partial charge in [0.25, 0.3) is 0 Å². The maximum absolute atomic E-state index is 12.7. The maximum atomic E-state index is 12.7. The Balaban J connectivity index is 1.76. The van der Waals surface area contributed by atoms with E-state index in [0.29, 0.717) is 23.3 Å². The number of phenols is 1. The third kappa shape index (κ3) is 3.55. The molecule has 140 valence electrons. The van der Waals surface area contributed by atoms with Gasteiger partial charge in [0.15, 0.2) is 0 Å². The Bertz CT molecular complexity index is 1000. The summed E-state index contributed by atoms with van der Waals surface area (Å²) >= 11 is 0. The van der Waals surface area contributed by atoms with E-state index in [1.165, 1.54) is 6.42 Å². The molecule has 3 aromatic rings. The first-order valence-electron chi connectivity index (χ1n) is 9.31. The highest BCUT2D eigenvalue weighted by Crippen LogP contribution is 2.31. The number of nitrogens with zero attached hydrogens (tertiary/aromatic N) is 1. The maximum Gasteiger partial charge on any atom is 0.344 e. The van der Waals surface area contributed by atoms with Crippen LogP contribution in [0.1, 0.15) is 24.8 Å². The molecule has 0 atom stereocenters. The van der Waals surface area contributed by atoms with Crippen molar-refractivity contribution in [3.05, 3.63) is 58.4 Å². The van der Waals surface area contributed by atoms with E-state index in [9.17, 15) is 9.90 Å². The molecule has 1 aliphatic heterocycles. The van der Waals surface area contributed by atoms with Crippen molar-refractivity contribution in [2.75, 3.05) is 20.2 Å². The third-order valence-corrected chi connectivity index (χ3v) is 5.21. The molecule has 0 aliphatic carbocycles. The van der Waals surface area contributed by atoms with Gasteiger partial charge in [-0.3, -0.25) is 4.90 Å². The van der Waals surface area contributed by atoms with Crippen LogP contribution in [-0.2, 0) is 6.54 Å². The summed E-state index contributed by atoms with van der Waals surface area (Å²) in [5, 5.41) is 11.2. The van der Waals surface area contributed by atoms with Crippen molar-refractivity contribution < 1.29 is 14.3 Å². The second-order valence-corrected chi connectivity index (χ2v) is 6.99. The van der Waals surface area contributed by atoms with Gasteiger partial charge in [-0.05, 0) is 61.8 Å². The van der Waals surface area contributed by atoms with E-state index in [-0.39, 0.29) is 5.75 Å². The monoisotopic (exact) mass is 365 g/mol. The van der Waals surface area contributed by atoms with Crippen molar-refractivity contribution in [2.24, 2.45) is 0 Å². The van der Waals surface area contributed by atoms with Crippen LogP contribution in [0.15, 0.2) is 51.7 Å². The summed E-state index contributed by atoms with van der Waals surface area (Å²) in [6.45, 7) is 2.60. The van der Waals surface area contributed by atoms with Gasteiger partial charge in [-0.2, -0.15) is 0 Å². The van der Waals surface area contributed by atoms with E-state index >= 15 is 0 Å². The van der Waals surface area contributed by atoms with E-state index in [1.807, 2.05) is 30.3 Å². The first-order chi connectivity index (χ1) is 13.2. The average molecular weight is 365 g/mol. The number of likely N-dealkylation sites (tertiary alicyclic amines) is 1. The molecule has 5 heteroatoms. The van der Waals surface area contributed by atoms with Crippen LogP contribution >= 0.6 is 0 Å². The number of phenolic OH excluding ortho intramolecular Hbond substituents is 1.